The first-order valence-corrected chi connectivity index (χ1v) is 7.75. The van der Waals surface area contributed by atoms with Crippen molar-refractivity contribution in [3.63, 3.8) is 0 Å². The number of ether oxygens (including phenoxy) is 1. The van der Waals surface area contributed by atoms with E-state index in [2.05, 4.69) is 5.32 Å². The maximum Gasteiger partial charge on any atom is 0.329 e. The van der Waals surface area contributed by atoms with Gasteiger partial charge in [0, 0.05) is 32.5 Å². The summed E-state index contributed by atoms with van der Waals surface area (Å²) in [5, 5.41) is 12.9. The molecule has 0 aromatic heterocycles. The van der Waals surface area contributed by atoms with Crippen LogP contribution in [0.1, 0.15) is 24.8 Å². The predicted octanol–water partition coefficient (Wildman–Crippen LogP) is 2.68. The summed E-state index contributed by atoms with van der Waals surface area (Å²) in [6.45, 7) is 0.665. The zero-order chi connectivity index (χ0) is 16.2. The SMILES string of the molecule is O=C(CCc1ccc(Cl)c(Cl)c1)NC1(C(=O)O)CCOCC1. The molecule has 2 N–H and O–H groups in total. The topological polar surface area (TPSA) is 75.6 Å². The number of benzene rings is 1. The summed E-state index contributed by atoms with van der Waals surface area (Å²) in [5.74, 6) is -1.31. The molecule has 0 radical (unpaired) electrons. The van der Waals surface area contributed by atoms with E-state index in [1.807, 2.05) is 0 Å². The molecule has 1 amide bonds. The maximum atomic E-state index is 12.1. The molecule has 0 aliphatic carbocycles. The Hall–Kier alpha value is -1.30. The van der Waals surface area contributed by atoms with E-state index >= 15 is 0 Å². The van der Waals surface area contributed by atoms with Crippen LogP contribution in [0.25, 0.3) is 0 Å². The van der Waals surface area contributed by atoms with Crippen LogP contribution >= 0.6 is 23.2 Å². The van der Waals surface area contributed by atoms with E-state index in [9.17, 15) is 14.7 Å². The number of halogens is 2. The third-order valence-corrected chi connectivity index (χ3v) is 4.50. The fourth-order valence-corrected chi connectivity index (χ4v) is 2.72. The van der Waals surface area contributed by atoms with Gasteiger partial charge < -0.3 is 15.2 Å². The molecular weight excluding hydrogens is 329 g/mol. The third kappa shape index (κ3) is 4.12. The van der Waals surface area contributed by atoms with Crippen LogP contribution in [0.2, 0.25) is 10.0 Å². The van der Waals surface area contributed by atoms with Gasteiger partial charge in [-0.2, -0.15) is 0 Å². The van der Waals surface area contributed by atoms with Crippen LogP contribution < -0.4 is 5.32 Å². The molecule has 0 unspecified atom stereocenters. The minimum Gasteiger partial charge on any atom is -0.480 e. The van der Waals surface area contributed by atoms with E-state index < -0.39 is 11.5 Å². The molecule has 120 valence electrons. The van der Waals surface area contributed by atoms with Crippen LogP contribution in [0, 0.1) is 0 Å². The molecule has 0 atom stereocenters. The van der Waals surface area contributed by atoms with E-state index in [1.165, 1.54) is 0 Å². The summed E-state index contributed by atoms with van der Waals surface area (Å²) in [6.07, 6.45) is 1.21. The largest absolute Gasteiger partial charge is 0.480 e. The molecule has 1 aromatic rings. The van der Waals surface area contributed by atoms with Crippen LogP contribution in [0.15, 0.2) is 18.2 Å². The number of carbonyl (C=O) groups is 2. The third-order valence-electron chi connectivity index (χ3n) is 3.76. The van der Waals surface area contributed by atoms with Crippen LogP contribution in [0.3, 0.4) is 0 Å². The van der Waals surface area contributed by atoms with Gasteiger partial charge in [0.25, 0.3) is 0 Å². The van der Waals surface area contributed by atoms with E-state index in [-0.39, 0.29) is 25.2 Å². The number of aliphatic carboxylic acids is 1. The van der Waals surface area contributed by atoms with Crippen molar-refractivity contribution in [3.05, 3.63) is 33.8 Å². The number of rotatable bonds is 5. The Labute approximate surface area is 138 Å². The van der Waals surface area contributed by atoms with Gasteiger partial charge in [0.05, 0.1) is 10.0 Å². The second-order valence-electron chi connectivity index (χ2n) is 5.30. The van der Waals surface area contributed by atoms with Gasteiger partial charge in [-0.25, -0.2) is 4.79 Å². The van der Waals surface area contributed by atoms with E-state index in [0.29, 0.717) is 29.7 Å². The summed E-state index contributed by atoms with van der Waals surface area (Å²) in [6, 6.07) is 5.18. The Bertz CT molecular complexity index is 571. The van der Waals surface area contributed by atoms with Crippen molar-refractivity contribution in [1.82, 2.24) is 5.32 Å². The summed E-state index contributed by atoms with van der Waals surface area (Å²) >= 11 is 11.8. The lowest BCUT2D eigenvalue weighted by Crippen LogP contribution is -2.57. The fourth-order valence-electron chi connectivity index (χ4n) is 2.39. The quantitative estimate of drug-likeness (QED) is 0.860. The lowest BCUT2D eigenvalue weighted by atomic mass is 9.90. The lowest BCUT2D eigenvalue weighted by molar-refractivity contribution is -0.152. The number of hydrogen-bond donors (Lipinski definition) is 2. The molecule has 2 rings (SSSR count). The average molecular weight is 346 g/mol. The van der Waals surface area contributed by atoms with Gasteiger partial charge in [-0.05, 0) is 24.1 Å². The first-order valence-electron chi connectivity index (χ1n) is 6.99. The number of carboxylic acids is 1. The molecule has 1 saturated heterocycles. The molecule has 7 heteroatoms. The monoisotopic (exact) mass is 345 g/mol. The number of hydrogen-bond acceptors (Lipinski definition) is 3. The van der Waals surface area contributed by atoms with Crippen LogP contribution in [-0.4, -0.2) is 35.7 Å². The second-order valence-corrected chi connectivity index (χ2v) is 6.11. The first kappa shape index (κ1) is 17.1. The number of amides is 1. The molecule has 0 saturated carbocycles. The Morgan fingerprint density at radius 2 is 1.91 bits per heavy atom. The van der Waals surface area contributed by atoms with Crippen molar-refractivity contribution in [3.8, 4) is 0 Å². The fraction of sp³-hybridized carbons (Fsp3) is 0.467. The van der Waals surface area contributed by atoms with Gasteiger partial charge >= 0.3 is 5.97 Å². The van der Waals surface area contributed by atoms with Crippen LogP contribution in [0.4, 0.5) is 0 Å². The smallest absolute Gasteiger partial charge is 0.329 e. The minimum atomic E-state index is -1.22. The molecule has 1 aliphatic rings. The standard InChI is InChI=1S/C15H17Cl2NO4/c16-11-3-1-10(9-12(11)17)2-4-13(19)18-15(14(20)21)5-7-22-8-6-15/h1,3,9H,2,4-8H2,(H,18,19)(H,20,21). The number of carbonyl (C=O) groups excluding carboxylic acids is 1. The average Bonchev–Trinajstić information content (AvgIpc) is 2.49. The highest BCUT2D eigenvalue weighted by Gasteiger charge is 2.41. The minimum absolute atomic E-state index is 0.188. The maximum absolute atomic E-state index is 12.1. The van der Waals surface area contributed by atoms with Crippen molar-refractivity contribution in [1.29, 1.82) is 0 Å². The summed E-state index contributed by atoms with van der Waals surface area (Å²) in [4.78, 5) is 23.5. The normalized spacial score (nSPS) is 17.0. The molecule has 22 heavy (non-hydrogen) atoms. The highest BCUT2D eigenvalue weighted by atomic mass is 35.5. The van der Waals surface area contributed by atoms with Crippen LogP contribution in [-0.2, 0) is 20.7 Å². The molecule has 1 aromatic carbocycles. The van der Waals surface area contributed by atoms with E-state index in [1.54, 1.807) is 18.2 Å². The summed E-state index contributed by atoms with van der Waals surface area (Å²) in [5.41, 5.74) is -0.339. The lowest BCUT2D eigenvalue weighted by Gasteiger charge is -2.33. The van der Waals surface area contributed by atoms with Crippen molar-refractivity contribution >= 4 is 35.1 Å². The summed E-state index contributed by atoms with van der Waals surface area (Å²) < 4.78 is 5.17. The Morgan fingerprint density at radius 3 is 2.50 bits per heavy atom. The Kier molecular flexibility index (Phi) is 5.67. The number of nitrogens with one attached hydrogen (secondary N) is 1. The van der Waals surface area contributed by atoms with Gasteiger partial charge in [-0.3, -0.25) is 4.79 Å². The number of carboxylic acid groups (broad SMARTS) is 1. The second kappa shape index (κ2) is 7.31. The van der Waals surface area contributed by atoms with E-state index in [0.717, 1.165) is 5.56 Å². The highest BCUT2D eigenvalue weighted by molar-refractivity contribution is 6.42. The van der Waals surface area contributed by atoms with Crippen LogP contribution in [0.5, 0.6) is 0 Å². The molecule has 1 fully saturated rings. The van der Waals surface area contributed by atoms with Gasteiger partial charge in [-0.15, -0.1) is 0 Å². The Morgan fingerprint density at radius 1 is 1.23 bits per heavy atom. The van der Waals surface area contributed by atoms with Gasteiger partial charge in [0.15, 0.2) is 0 Å². The zero-order valence-electron chi connectivity index (χ0n) is 11.9. The molecule has 0 bridgehead atoms. The highest BCUT2D eigenvalue weighted by Crippen LogP contribution is 2.24. The first-order chi connectivity index (χ1) is 10.4. The predicted molar refractivity (Wildman–Crippen MR) is 83.3 cm³/mol. The van der Waals surface area contributed by atoms with E-state index in [4.69, 9.17) is 27.9 Å². The Balaban J connectivity index is 1.94. The van der Waals surface area contributed by atoms with Gasteiger partial charge in [-0.1, -0.05) is 29.3 Å². The summed E-state index contributed by atoms with van der Waals surface area (Å²) in [7, 11) is 0. The molecule has 5 nitrogen and oxygen atoms in total. The zero-order valence-corrected chi connectivity index (χ0v) is 13.4. The van der Waals surface area contributed by atoms with Crippen molar-refractivity contribution in [2.75, 3.05) is 13.2 Å². The molecular formula is C15H17Cl2NO4. The molecule has 0 spiro atoms. The van der Waals surface area contributed by atoms with Crippen molar-refractivity contribution in [2.24, 2.45) is 0 Å². The van der Waals surface area contributed by atoms with Crippen molar-refractivity contribution < 1.29 is 19.4 Å². The molecule has 1 heterocycles. The van der Waals surface area contributed by atoms with Gasteiger partial charge in [0.1, 0.15) is 5.54 Å². The molecule has 1 aliphatic heterocycles. The van der Waals surface area contributed by atoms with Gasteiger partial charge in [0.2, 0.25) is 5.91 Å². The number of aryl methyl sites for hydroxylation is 1. The van der Waals surface area contributed by atoms with Crippen molar-refractivity contribution in [2.45, 2.75) is 31.2 Å².